The predicted octanol–water partition coefficient (Wildman–Crippen LogP) is 3.66. The van der Waals surface area contributed by atoms with E-state index in [1.807, 2.05) is 0 Å². The molecule has 0 aliphatic heterocycles. The number of halogens is 3. The Balaban J connectivity index is 0.000000399. The Labute approximate surface area is 115 Å². The van der Waals surface area contributed by atoms with Gasteiger partial charge in [-0.05, 0) is 57.8 Å². The molecule has 0 bridgehead atoms. The maximum absolute atomic E-state index is 12.1. The molecular weight excluding hydrogens is 253 g/mol. The van der Waals surface area contributed by atoms with Crippen LogP contribution >= 0.6 is 0 Å². The Hall–Kier alpha value is -0.290. The van der Waals surface area contributed by atoms with Gasteiger partial charge in [-0.3, -0.25) is 0 Å². The molecule has 116 valence electrons. The fraction of sp³-hybridized carbons (Fsp3) is 1.00. The smallest absolute Gasteiger partial charge is 0.330 e. The highest BCUT2D eigenvalue weighted by atomic mass is 19.4. The van der Waals surface area contributed by atoms with Gasteiger partial charge in [-0.15, -0.1) is 0 Å². The summed E-state index contributed by atoms with van der Waals surface area (Å²) in [5.74, 6) is -0.746. The first-order valence-corrected chi connectivity index (χ1v) is 7.38. The molecule has 5 heteroatoms. The largest absolute Gasteiger partial charge is 0.391 e. The van der Waals surface area contributed by atoms with E-state index in [9.17, 15) is 13.2 Å². The van der Waals surface area contributed by atoms with Gasteiger partial charge in [-0.2, -0.15) is 13.2 Å². The topological polar surface area (TPSA) is 29.3 Å². The van der Waals surface area contributed by atoms with Gasteiger partial charge < -0.3 is 10.6 Å². The summed E-state index contributed by atoms with van der Waals surface area (Å²) in [4.78, 5) is 2.38. The standard InChI is InChI=1S/C8H14F3N.C6H15N/c9-8(10,11)7-3-1-6(5-12)2-4-7;1-4-7(5-2)6-3/h6-7H,1-5,12H2;4-6H2,1-3H3. The summed E-state index contributed by atoms with van der Waals surface area (Å²) in [6, 6.07) is 0. The third-order valence-electron chi connectivity index (χ3n) is 3.98. The molecule has 0 radical (unpaired) electrons. The van der Waals surface area contributed by atoms with Crippen LogP contribution in [0.5, 0.6) is 0 Å². The van der Waals surface area contributed by atoms with E-state index in [1.54, 1.807) is 0 Å². The van der Waals surface area contributed by atoms with E-state index >= 15 is 0 Å². The zero-order valence-electron chi connectivity index (χ0n) is 12.5. The van der Waals surface area contributed by atoms with Gasteiger partial charge in [0.1, 0.15) is 0 Å². The molecule has 1 fully saturated rings. The molecule has 2 nitrogen and oxygen atoms in total. The molecule has 2 N–H and O–H groups in total. The Morgan fingerprint density at radius 2 is 1.37 bits per heavy atom. The minimum atomic E-state index is -3.99. The summed E-state index contributed by atoms with van der Waals surface area (Å²) in [6.45, 7) is 10.7. The molecule has 1 rings (SSSR count). The quantitative estimate of drug-likeness (QED) is 0.852. The van der Waals surface area contributed by atoms with Crippen molar-refractivity contribution >= 4 is 0 Å². The highest BCUT2D eigenvalue weighted by Crippen LogP contribution is 2.38. The van der Waals surface area contributed by atoms with Crippen molar-refractivity contribution in [2.75, 3.05) is 26.2 Å². The normalized spacial score (nSPS) is 24.0. The van der Waals surface area contributed by atoms with E-state index in [0.29, 0.717) is 25.3 Å². The number of alkyl halides is 3. The molecule has 0 unspecified atom stereocenters. The fourth-order valence-corrected chi connectivity index (χ4v) is 2.40. The molecular formula is C14H29F3N2. The van der Waals surface area contributed by atoms with Crippen LogP contribution in [0.4, 0.5) is 13.2 Å². The maximum atomic E-state index is 12.1. The molecule has 0 atom stereocenters. The van der Waals surface area contributed by atoms with Crippen molar-refractivity contribution in [3.8, 4) is 0 Å². The zero-order valence-corrected chi connectivity index (χ0v) is 12.5. The van der Waals surface area contributed by atoms with Crippen molar-refractivity contribution in [2.24, 2.45) is 17.6 Å². The zero-order chi connectivity index (χ0) is 14.9. The van der Waals surface area contributed by atoms with Crippen LogP contribution in [0.1, 0.15) is 46.5 Å². The molecule has 0 heterocycles. The minimum absolute atomic E-state index is 0.269. The van der Waals surface area contributed by atoms with E-state index in [1.165, 1.54) is 19.6 Å². The minimum Gasteiger partial charge on any atom is -0.330 e. The van der Waals surface area contributed by atoms with Crippen LogP contribution in [0, 0.1) is 11.8 Å². The van der Waals surface area contributed by atoms with Crippen molar-refractivity contribution < 1.29 is 13.2 Å². The highest BCUT2D eigenvalue weighted by molar-refractivity contribution is 4.77. The molecule has 19 heavy (non-hydrogen) atoms. The first-order valence-electron chi connectivity index (χ1n) is 7.38. The van der Waals surface area contributed by atoms with Crippen molar-refractivity contribution in [3.05, 3.63) is 0 Å². The van der Waals surface area contributed by atoms with Gasteiger partial charge in [0.15, 0.2) is 0 Å². The summed E-state index contributed by atoms with van der Waals surface area (Å²) in [7, 11) is 0. The monoisotopic (exact) mass is 282 g/mol. The second-order valence-electron chi connectivity index (χ2n) is 5.11. The molecule has 1 aliphatic rings. The molecule has 0 saturated heterocycles. The van der Waals surface area contributed by atoms with Crippen molar-refractivity contribution in [3.63, 3.8) is 0 Å². The molecule has 0 spiro atoms. The van der Waals surface area contributed by atoms with Gasteiger partial charge in [-0.1, -0.05) is 20.8 Å². The molecule has 1 aliphatic carbocycles. The van der Waals surface area contributed by atoms with Gasteiger partial charge in [0.25, 0.3) is 0 Å². The van der Waals surface area contributed by atoms with Crippen LogP contribution < -0.4 is 5.73 Å². The Kier molecular flexibility index (Phi) is 9.44. The summed E-state index contributed by atoms with van der Waals surface area (Å²) >= 11 is 0. The van der Waals surface area contributed by atoms with E-state index < -0.39 is 12.1 Å². The van der Waals surface area contributed by atoms with Crippen LogP contribution in [-0.2, 0) is 0 Å². The third kappa shape index (κ3) is 7.78. The van der Waals surface area contributed by atoms with Crippen molar-refractivity contribution in [2.45, 2.75) is 52.6 Å². The Bertz CT molecular complexity index is 202. The van der Waals surface area contributed by atoms with Gasteiger partial charge in [0.05, 0.1) is 5.92 Å². The van der Waals surface area contributed by atoms with Crippen molar-refractivity contribution in [1.29, 1.82) is 0 Å². The van der Waals surface area contributed by atoms with Crippen LogP contribution in [0.25, 0.3) is 0 Å². The number of hydrogen-bond acceptors (Lipinski definition) is 2. The summed E-state index contributed by atoms with van der Waals surface area (Å²) in [5, 5.41) is 0. The molecule has 0 aromatic carbocycles. The molecule has 1 saturated carbocycles. The van der Waals surface area contributed by atoms with Crippen LogP contribution in [0.3, 0.4) is 0 Å². The second kappa shape index (κ2) is 9.59. The molecule has 0 aromatic rings. The fourth-order valence-electron chi connectivity index (χ4n) is 2.40. The lowest BCUT2D eigenvalue weighted by atomic mass is 9.82. The van der Waals surface area contributed by atoms with E-state index in [-0.39, 0.29) is 12.8 Å². The molecule has 0 amide bonds. The van der Waals surface area contributed by atoms with Crippen molar-refractivity contribution in [1.82, 2.24) is 4.90 Å². The summed E-state index contributed by atoms with van der Waals surface area (Å²) < 4.78 is 36.4. The lowest BCUT2D eigenvalue weighted by Crippen LogP contribution is -2.29. The first-order chi connectivity index (χ1) is 8.88. The third-order valence-corrected chi connectivity index (χ3v) is 3.98. The van der Waals surface area contributed by atoms with E-state index in [0.717, 1.165) is 0 Å². The van der Waals surface area contributed by atoms with Gasteiger partial charge in [-0.25, -0.2) is 0 Å². The lowest BCUT2D eigenvalue weighted by Gasteiger charge is -2.28. The summed E-state index contributed by atoms with van der Waals surface area (Å²) in [5.41, 5.74) is 5.38. The first kappa shape index (κ1) is 18.7. The van der Waals surface area contributed by atoms with E-state index in [2.05, 4.69) is 25.7 Å². The summed E-state index contributed by atoms with van der Waals surface area (Å²) in [6.07, 6.45) is -2.17. The van der Waals surface area contributed by atoms with Gasteiger partial charge in [0.2, 0.25) is 0 Å². The van der Waals surface area contributed by atoms with E-state index in [4.69, 9.17) is 5.73 Å². The average Bonchev–Trinajstić information content (AvgIpc) is 2.40. The second-order valence-corrected chi connectivity index (χ2v) is 5.11. The lowest BCUT2D eigenvalue weighted by molar-refractivity contribution is -0.183. The number of nitrogens with two attached hydrogens (primary N) is 1. The number of rotatable bonds is 4. The SMILES string of the molecule is CCN(CC)CC.NCC1CCC(C(F)(F)F)CC1. The van der Waals surface area contributed by atoms with Crippen LogP contribution in [-0.4, -0.2) is 37.3 Å². The number of nitrogens with zero attached hydrogens (tertiary/aromatic N) is 1. The molecule has 0 aromatic heterocycles. The number of hydrogen-bond donors (Lipinski definition) is 1. The van der Waals surface area contributed by atoms with Crippen LogP contribution in [0.15, 0.2) is 0 Å². The maximum Gasteiger partial charge on any atom is 0.391 e. The van der Waals surface area contributed by atoms with Gasteiger partial charge >= 0.3 is 6.18 Å². The highest BCUT2D eigenvalue weighted by Gasteiger charge is 2.40. The predicted molar refractivity (Wildman–Crippen MR) is 74.0 cm³/mol. The van der Waals surface area contributed by atoms with Gasteiger partial charge in [0, 0.05) is 0 Å². The van der Waals surface area contributed by atoms with Crippen LogP contribution in [0.2, 0.25) is 0 Å². The average molecular weight is 282 g/mol. The Morgan fingerprint density at radius 1 is 0.947 bits per heavy atom. The Morgan fingerprint density at radius 3 is 1.58 bits per heavy atom.